The Kier molecular flexibility index (Phi) is 4.19. The largest absolute Gasteiger partial charge is 0.398 e. The Morgan fingerprint density at radius 2 is 2.05 bits per heavy atom. The Morgan fingerprint density at radius 1 is 1.24 bits per heavy atom. The lowest BCUT2D eigenvalue weighted by molar-refractivity contribution is 0.176. The van der Waals surface area contributed by atoms with Crippen LogP contribution in [0.1, 0.15) is 31.2 Å². The van der Waals surface area contributed by atoms with Crippen molar-refractivity contribution in [2.75, 3.05) is 18.8 Å². The molecule has 0 radical (unpaired) electrons. The van der Waals surface area contributed by atoms with Gasteiger partial charge in [0.05, 0.1) is 5.75 Å². The van der Waals surface area contributed by atoms with Crippen molar-refractivity contribution in [2.45, 2.75) is 43.5 Å². The summed E-state index contributed by atoms with van der Waals surface area (Å²) in [5, 5.41) is 0. The highest BCUT2D eigenvalue weighted by molar-refractivity contribution is 7.88. The zero-order valence-corrected chi connectivity index (χ0v) is 13.0. The highest BCUT2D eigenvalue weighted by Crippen LogP contribution is 2.27. The van der Waals surface area contributed by atoms with E-state index >= 15 is 0 Å². The molecule has 2 saturated heterocycles. The van der Waals surface area contributed by atoms with Crippen molar-refractivity contribution in [1.82, 2.24) is 9.62 Å². The maximum atomic E-state index is 12.3. The molecule has 2 heterocycles. The number of nitrogens with two attached hydrogens (primary N) is 1. The fourth-order valence-corrected chi connectivity index (χ4v) is 4.97. The van der Waals surface area contributed by atoms with Crippen LogP contribution in [0.2, 0.25) is 0 Å². The molecular weight excluding hydrogens is 286 g/mol. The molecule has 0 bridgehead atoms. The van der Waals surface area contributed by atoms with Crippen molar-refractivity contribution in [2.24, 2.45) is 0 Å². The Labute approximate surface area is 126 Å². The molecule has 1 aromatic carbocycles. The molecule has 116 valence electrons. The number of anilines is 1. The molecule has 0 saturated carbocycles. The lowest BCUT2D eigenvalue weighted by atomic mass is 9.99. The van der Waals surface area contributed by atoms with Crippen molar-refractivity contribution in [3.8, 4) is 0 Å². The number of fused-ring (bicyclic) bond motifs is 1. The average Bonchev–Trinajstić information content (AvgIpc) is 2.88. The third kappa shape index (κ3) is 3.56. The number of nitrogens with one attached hydrogen (secondary N) is 1. The van der Waals surface area contributed by atoms with E-state index in [-0.39, 0.29) is 11.8 Å². The third-order valence-electron chi connectivity index (χ3n) is 4.57. The standard InChI is InChI=1S/C15H23N3O2S/c16-15-6-2-1-4-12(15)11-21(19,20)17-13-7-9-18-8-3-5-14(18)10-13/h1-2,4,6,13-14,17H,3,5,7-11,16H2. The Bertz CT molecular complexity index is 603. The highest BCUT2D eigenvalue weighted by Gasteiger charge is 2.33. The van der Waals surface area contributed by atoms with E-state index in [0.717, 1.165) is 19.4 Å². The van der Waals surface area contributed by atoms with Gasteiger partial charge in [-0.05, 0) is 50.4 Å². The number of sulfonamides is 1. The van der Waals surface area contributed by atoms with Gasteiger partial charge in [0, 0.05) is 17.8 Å². The Balaban J connectivity index is 1.62. The molecule has 0 aromatic heterocycles. The number of para-hydroxylation sites is 1. The zero-order valence-electron chi connectivity index (χ0n) is 12.2. The summed E-state index contributed by atoms with van der Waals surface area (Å²) >= 11 is 0. The minimum atomic E-state index is -3.33. The molecule has 21 heavy (non-hydrogen) atoms. The van der Waals surface area contributed by atoms with Crippen LogP contribution < -0.4 is 10.5 Å². The van der Waals surface area contributed by atoms with E-state index in [9.17, 15) is 8.42 Å². The molecule has 3 rings (SSSR count). The highest BCUT2D eigenvalue weighted by atomic mass is 32.2. The van der Waals surface area contributed by atoms with Crippen LogP contribution in [-0.4, -0.2) is 38.5 Å². The van der Waals surface area contributed by atoms with E-state index in [2.05, 4.69) is 9.62 Å². The monoisotopic (exact) mass is 309 g/mol. The first-order valence-corrected chi connectivity index (χ1v) is 9.26. The summed E-state index contributed by atoms with van der Waals surface area (Å²) in [5.74, 6) is -0.0371. The van der Waals surface area contributed by atoms with Gasteiger partial charge in [-0.3, -0.25) is 0 Å². The topological polar surface area (TPSA) is 75.4 Å². The summed E-state index contributed by atoms with van der Waals surface area (Å²) in [6, 6.07) is 7.77. The van der Waals surface area contributed by atoms with Gasteiger partial charge in [-0.15, -0.1) is 0 Å². The van der Waals surface area contributed by atoms with Crippen molar-refractivity contribution < 1.29 is 8.42 Å². The second kappa shape index (κ2) is 5.94. The normalized spacial score (nSPS) is 26.7. The first-order valence-electron chi connectivity index (χ1n) is 7.61. The quantitative estimate of drug-likeness (QED) is 0.823. The second-order valence-electron chi connectivity index (χ2n) is 6.13. The Hall–Kier alpha value is -1.11. The Morgan fingerprint density at radius 3 is 2.86 bits per heavy atom. The van der Waals surface area contributed by atoms with Crippen molar-refractivity contribution in [3.63, 3.8) is 0 Å². The average molecular weight is 309 g/mol. The van der Waals surface area contributed by atoms with Crippen LogP contribution in [0.25, 0.3) is 0 Å². The number of nitrogens with zero attached hydrogens (tertiary/aromatic N) is 1. The predicted molar refractivity (Wildman–Crippen MR) is 84.2 cm³/mol. The van der Waals surface area contributed by atoms with Crippen LogP contribution in [-0.2, 0) is 15.8 Å². The molecule has 3 N–H and O–H groups in total. The number of hydrogen-bond acceptors (Lipinski definition) is 4. The first kappa shape index (κ1) is 14.8. The lowest BCUT2D eigenvalue weighted by Gasteiger charge is -2.34. The molecule has 2 aliphatic heterocycles. The van der Waals surface area contributed by atoms with Crippen LogP contribution in [0.4, 0.5) is 5.69 Å². The minimum Gasteiger partial charge on any atom is -0.398 e. The summed E-state index contributed by atoms with van der Waals surface area (Å²) < 4.78 is 27.5. The molecule has 0 spiro atoms. The van der Waals surface area contributed by atoms with Gasteiger partial charge in [-0.2, -0.15) is 0 Å². The van der Waals surface area contributed by atoms with E-state index in [1.165, 1.54) is 19.4 Å². The number of piperidine rings is 1. The SMILES string of the molecule is Nc1ccccc1CS(=O)(=O)NC1CCN2CCCC2C1. The number of benzene rings is 1. The molecule has 5 nitrogen and oxygen atoms in total. The fraction of sp³-hybridized carbons (Fsp3) is 0.600. The second-order valence-corrected chi connectivity index (χ2v) is 7.88. The summed E-state index contributed by atoms with van der Waals surface area (Å²) in [6.07, 6.45) is 4.28. The van der Waals surface area contributed by atoms with E-state index in [1.54, 1.807) is 12.1 Å². The van der Waals surface area contributed by atoms with Gasteiger partial charge in [0.1, 0.15) is 0 Å². The molecule has 0 aliphatic carbocycles. The first-order chi connectivity index (χ1) is 10.0. The van der Waals surface area contributed by atoms with Crippen molar-refractivity contribution in [1.29, 1.82) is 0 Å². The van der Waals surface area contributed by atoms with Gasteiger partial charge in [0.15, 0.2) is 0 Å². The molecule has 2 fully saturated rings. The van der Waals surface area contributed by atoms with Gasteiger partial charge >= 0.3 is 0 Å². The summed E-state index contributed by atoms with van der Waals surface area (Å²) in [5.41, 5.74) is 7.04. The van der Waals surface area contributed by atoms with Gasteiger partial charge in [-0.25, -0.2) is 13.1 Å². The molecule has 2 unspecified atom stereocenters. The van der Waals surface area contributed by atoms with Gasteiger partial charge in [0.25, 0.3) is 0 Å². The summed E-state index contributed by atoms with van der Waals surface area (Å²) in [4.78, 5) is 2.49. The van der Waals surface area contributed by atoms with Crippen LogP contribution in [0.15, 0.2) is 24.3 Å². The maximum absolute atomic E-state index is 12.3. The predicted octanol–water partition coefficient (Wildman–Crippen LogP) is 1.31. The van der Waals surface area contributed by atoms with Gasteiger partial charge in [0.2, 0.25) is 10.0 Å². The zero-order chi connectivity index (χ0) is 14.9. The smallest absolute Gasteiger partial charge is 0.216 e. The summed E-state index contributed by atoms with van der Waals surface area (Å²) in [7, 11) is -3.33. The summed E-state index contributed by atoms with van der Waals surface area (Å²) in [6.45, 7) is 2.18. The van der Waals surface area contributed by atoms with Crippen LogP contribution >= 0.6 is 0 Å². The van der Waals surface area contributed by atoms with E-state index in [4.69, 9.17) is 5.73 Å². The van der Waals surface area contributed by atoms with E-state index in [0.29, 0.717) is 17.3 Å². The number of hydrogen-bond donors (Lipinski definition) is 2. The molecular formula is C15H23N3O2S. The molecule has 6 heteroatoms. The number of rotatable bonds is 4. The molecule has 2 atom stereocenters. The molecule has 0 amide bonds. The fourth-order valence-electron chi connectivity index (χ4n) is 3.50. The minimum absolute atomic E-state index is 0.0371. The van der Waals surface area contributed by atoms with Gasteiger partial charge in [-0.1, -0.05) is 18.2 Å². The van der Waals surface area contributed by atoms with E-state index in [1.807, 2.05) is 12.1 Å². The lowest BCUT2D eigenvalue weighted by Crippen LogP contribution is -2.47. The van der Waals surface area contributed by atoms with Gasteiger partial charge < -0.3 is 10.6 Å². The van der Waals surface area contributed by atoms with Crippen molar-refractivity contribution >= 4 is 15.7 Å². The third-order valence-corrected chi connectivity index (χ3v) is 5.95. The van der Waals surface area contributed by atoms with Crippen LogP contribution in [0.3, 0.4) is 0 Å². The number of nitrogen functional groups attached to an aromatic ring is 1. The molecule has 1 aromatic rings. The molecule has 2 aliphatic rings. The maximum Gasteiger partial charge on any atom is 0.216 e. The van der Waals surface area contributed by atoms with Crippen LogP contribution in [0, 0.1) is 0 Å². The van der Waals surface area contributed by atoms with E-state index < -0.39 is 10.0 Å². The van der Waals surface area contributed by atoms with Crippen molar-refractivity contribution in [3.05, 3.63) is 29.8 Å². The van der Waals surface area contributed by atoms with Crippen LogP contribution in [0.5, 0.6) is 0 Å².